The van der Waals surface area contributed by atoms with Crippen molar-refractivity contribution in [1.82, 2.24) is 9.55 Å². The first kappa shape index (κ1) is 12.9. The van der Waals surface area contributed by atoms with Crippen molar-refractivity contribution >= 4 is 22.5 Å². The molecule has 0 saturated carbocycles. The van der Waals surface area contributed by atoms with Gasteiger partial charge in [0.2, 0.25) is 0 Å². The van der Waals surface area contributed by atoms with E-state index in [9.17, 15) is 4.79 Å². The predicted molar refractivity (Wildman–Crippen MR) is 82.2 cm³/mol. The van der Waals surface area contributed by atoms with Gasteiger partial charge >= 0.3 is 0 Å². The summed E-state index contributed by atoms with van der Waals surface area (Å²) in [5.41, 5.74) is 3.29. The van der Waals surface area contributed by atoms with Gasteiger partial charge in [0.05, 0.1) is 11.1 Å². The minimum atomic E-state index is -0.00824. The van der Waals surface area contributed by atoms with Crippen LogP contribution in [0.25, 0.3) is 22.0 Å². The Kier molecular flexibility index (Phi) is 3.07. The largest absolute Gasteiger partial charge is 0.347 e. The third-order valence-electron chi connectivity index (χ3n) is 3.61. The molecule has 2 aromatic heterocycles. The molecule has 0 N–H and O–H groups in total. The van der Waals surface area contributed by atoms with Gasteiger partial charge in [0, 0.05) is 41.1 Å². The minimum Gasteiger partial charge on any atom is -0.347 e. The molecule has 2 heterocycles. The topological polar surface area (TPSA) is 34.9 Å². The van der Waals surface area contributed by atoms with Crippen molar-refractivity contribution in [2.45, 2.75) is 6.92 Å². The summed E-state index contributed by atoms with van der Waals surface area (Å²) in [6, 6.07) is 9.12. The highest BCUT2D eigenvalue weighted by Crippen LogP contribution is 2.24. The Morgan fingerprint density at radius 1 is 1.25 bits per heavy atom. The third kappa shape index (κ3) is 1.91. The molecule has 1 aromatic carbocycles. The second-order valence-corrected chi connectivity index (χ2v) is 5.19. The smallest absolute Gasteiger partial charge is 0.197 e. The highest BCUT2D eigenvalue weighted by molar-refractivity contribution is 6.31. The molecule has 20 heavy (non-hydrogen) atoms. The molecule has 3 rings (SSSR count). The van der Waals surface area contributed by atoms with E-state index < -0.39 is 0 Å². The lowest BCUT2D eigenvalue weighted by molar-refractivity contribution is 0.900. The van der Waals surface area contributed by atoms with Gasteiger partial charge in [0.25, 0.3) is 0 Å². The van der Waals surface area contributed by atoms with Crippen molar-refractivity contribution in [3.63, 3.8) is 0 Å². The first-order valence-electron chi connectivity index (χ1n) is 6.29. The van der Waals surface area contributed by atoms with Gasteiger partial charge in [-0.05, 0) is 31.2 Å². The second kappa shape index (κ2) is 4.76. The third-order valence-corrected chi connectivity index (χ3v) is 3.84. The van der Waals surface area contributed by atoms with Gasteiger partial charge in [-0.25, -0.2) is 0 Å². The summed E-state index contributed by atoms with van der Waals surface area (Å²) in [6.45, 7) is 1.94. The van der Waals surface area contributed by atoms with Crippen molar-refractivity contribution in [2.24, 2.45) is 7.05 Å². The van der Waals surface area contributed by atoms with Crippen LogP contribution in [0.3, 0.4) is 0 Å². The summed E-state index contributed by atoms with van der Waals surface area (Å²) < 4.78 is 2.01. The molecule has 3 aromatic rings. The number of aromatic nitrogens is 2. The highest BCUT2D eigenvalue weighted by atomic mass is 35.5. The van der Waals surface area contributed by atoms with Crippen LogP contribution in [0.1, 0.15) is 5.69 Å². The number of aryl methyl sites for hydroxylation is 1. The molecule has 0 atom stereocenters. The molecule has 0 aliphatic heterocycles. The van der Waals surface area contributed by atoms with E-state index in [0.717, 1.165) is 16.8 Å². The maximum absolute atomic E-state index is 12.8. The number of hydrogen-bond donors (Lipinski definition) is 0. The van der Waals surface area contributed by atoms with E-state index in [0.29, 0.717) is 16.0 Å². The fourth-order valence-corrected chi connectivity index (χ4v) is 2.65. The summed E-state index contributed by atoms with van der Waals surface area (Å²) >= 11 is 6.02. The van der Waals surface area contributed by atoms with Crippen LogP contribution in [0.2, 0.25) is 5.02 Å². The number of benzene rings is 1. The molecule has 0 bridgehead atoms. The Balaban J connectivity index is 2.48. The summed E-state index contributed by atoms with van der Waals surface area (Å²) in [5, 5.41) is 1.19. The number of nitrogens with zero attached hydrogens (tertiary/aromatic N) is 2. The molecule has 3 nitrogen and oxygen atoms in total. The van der Waals surface area contributed by atoms with E-state index in [2.05, 4.69) is 4.98 Å². The number of hydrogen-bond acceptors (Lipinski definition) is 2. The summed E-state index contributed by atoms with van der Waals surface area (Å²) in [6.07, 6.45) is 3.40. The monoisotopic (exact) mass is 284 g/mol. The SMILES string of the molecule is Cc1c(-c2cccnc2)c(=O)c2cc(Cl)ccc2n1C. The maximum atomic E-state index is 12.8. The lowest BCUT2D eigenvalue weighted by Gasteiger charge is -2.14. The lowest BCUT2D eigenvalue weighted by atomic mass is 10.0. The molecule has 0 spiro atoms. The quantitative estimate of drug-likeness (QED) is 0.685. The van der Waals surface area contributed by atoms with E-state index in [1.54, 1.807) is 24.5 Å². The molecule has 0 aliphatic rings. The first-order valence-corrected chi connectivity index (χ1v) is 6.66. The fraction of sp³-hybridized carbons (Fsp3) is 0.125. The molecule has 4 heteroatoms. The van der Waals surface area contributed by atoms with Crippen LogP contribution in [-0.2, 0) is 7.05 Å². The standard InChI is InChI=1S/C16H13ClN2O/c1-10-15(11-4-3-7-18-9-11)16(20)13-8-12(17)5-6-14(13)19(10)2/h3-9H,1-2H3. The van der Waals surface area contributed by atoms with E-state index in [1.165, 1.54) is 0 Å². The average Bonchev–Trinajstić information content (AvgIpc) is 2.46. The number of halogens is 1. The Hall–Kier alpha value is -2.13. The van der Waals surface area contributed by atoms with E-state index in [4.69, 9.17) is 11.6 Å². The Bertz CT molecular complexity index is 854. The maximum Gasteiger partial charge on any atom is 0.197 e. The van der Waals surface area contributed by atoms with Gasteiger partial charge < -0.3 is 4.57 Å². The van der Waals surface area contributed by atoms with Crippen molar-refractivity contribution < 1.29 is 0 Å². The summed E-state index contributed by atoms with van der Waals surface area (Å²) in [5.74, 6) is 0. The van der Waals surface area contributed by atoms with Crippen LogP contribution >= 0.6 is 11.6 Å². The summed E-state index contributed by atoms with van der Waals surface area (Å²) in [7, 11) is 1.95. The zero-order valence-electron chi connectivity index (χ0n) is 11.2. The number of pyridine rings is 2. The van der Waals surface area contributed by atoms with Gasteiger partial charge in [0.1, 0.15) is 0 Å². The van der Waals surface area contributed by atoms with Crippen LogP contribution < -0.4 is 5.43 Å². The van der Waals surface area contributed by atoms with Crippen LogP contribution in [0.15, 0.2) is 47.5 Å². The normalized spacial score (nSPS) is 10.9. The Labute approximate surface area is 121 Å². The zero-order valence-corrected chi connectivity index (χ0v) is 12.0. The van der Waals surface area contributed by atoms with Crippen LogP contribution in [-0.4, -0.2) is 9.55 Å². The molecule has 0 saturated heterocycles. The van der Waals surface area contributed by atoms with E-state index in [1.807, 2.05) is 36.7 Å². The zero-order chi connectivity index (χ0) is 14.3. The number of fused-ring (bicyclic) bond motifs is 1. The van der Waals surface area contributed by atoms with Crippen LogP contribution in [0.4, 0.5) is 0 Å². The molecule has 0 amide bonds. The summed E-state index contributed by atoms with van der Waals surface area (Å²) in [4.78, 5) is 16.9. The van der Waals surface area contributed by atoms with Gasteiger partial charge in [-0.2, -0.15) is 0 Å². The van der Waals surface area contributed by atoms with E-state index in [-0.39, 0.29) is 5.43 Å². The molecule has 0 unspecified atom stereocenters. The van der Waals surface area contributed by atoms with Crippen molar-refractivity contribution in [1.29, 1.82) is 0 Å². The second-order valence-electron chi connectivity index (χ2n) is 4.75. The van der Waals surface area contributed by atoms with Gasteiger partial charge in [0.15, 0.2) is 5.43 Å². The predicted octanol–water partition coefficient (Wildman–Crippen LogP) is 3.56. The highest BCUT2D eigenvalue weighted by Gasteiger charge is 2.14. The van der Waals surface area contributed by atoms with Gasteiger partial charge in [-0.3, -0.25) is 9.78 Å². The number of rotatable bonds is 1. The van der Waals surface area contributed by atoms with Gasteiger partial charge in [-0.1, -0.05) is 17.7 Å². The van der Waals surface area contributed by atoms with Crippen LogP contribution in [0.5, 0.6) is 0 Å². The minimum absolute atomic E-state index is 0.00824. The molecule has 0 fully saturated rings. The Morgan fingerprint density at radius 3 is 2.75 bits per heavy atom. The fourth-order valence-electron chi connectivity index (χ4n) is 2.48. The van der Waals surface area contributed by atoms with Crippen molar-refractivity contribution in [2.75, 3.05) is 0 Å². The molecule has 0 aliphatic carbocycles. The molecule has 100 valence electrons. The first-order chi connectivity index (χ1) is 9.59. The molecule has 0 radical (unpaired) electrons. The van der Waals surface area contributed by atoms with Crippen LogP contribution in [0, 0.1) is 6.92 Å². The average molecular weight is 285 g/mol. The van der Waals surface area contributed by atoms with E-state index >= 15 is 0 Å². The van der Waals surface area contributed by atoms with Gasteiger partial charge in [-0.15, -0.1) is 0 Å². The molecular formula is C16H13ClN2O. The van der Waals surface area contributed by atoms with Crippen molar-refractivity contribution in [3.05, 3.63) is 63.7 Å². The van der Waals surface area contributed by atoms with Crippen molar-refractivity contribution in [3.8, 4) is 11.1 Å². The Morgan fingerprint density at radius 2 is 2.05 bits per heavy atom. The lowest BCUT2D eigenvalue weighted by Crippen LogP contribution is -2.14. The molecular weight excluding hydrogens is 272 g/mol.